The van der Waals surface area contributed by atoms with Gasteiger partial charge in [0, 0.05) is 11.3 Å². The van der Waals surface area contributed by atoms with E-state index in [1.807, 2.05) is 63.3 Å². The highest BCUT2D eigenvalue weighted by Crippen LogP contribution is 2.17. The summed E-state index contributed by atoms with van der Waals surface area (Å²) in [7, 11) is 0. The van der Waals surface area contributed by atoms with Gasteiger partial charge in [-0.1, -0.05) is 69.0 Å². The Morgan fingerprint density at radius 3 is 2.19 bits per heavy atom. The molecule has 86 valence electrons. The summed E-state index contributed by atoms with van der Waals surface area (Å²) in [6, 6.07) is 10.1. The molecule has 1 aromatic rings. The summed E-state index contributed by atoms with van der Waals surface area (Å²) in [5.41, 5.74) is 8.79. The lowest BCUT2D eigenvalue weighted by molar-refractivity contribution is 1.32. The predicted octanol–water partition coefficient (Wildman–Crippen LogP) is 4.14. The Labute approximate surface area is 99.0 Å². The van der Waals surface area contributed by atoms with E-state index in [9.17, 15) is 0 Å². The molecule has 0 radical (unpaired) electrons. The van der Waals surface area contributed by atoms with Gasteiger partial charge in [-0.2, -0.15) is 0 Å². The van der Waals surface area contributed by atoms with E-state index in [-0.39, 0.29) is 0 Å². The van der Waals surface area contributed by atoms with Crippen molar-refractivity contribution < 1.29 is 0 Å². The third-order valence-corrected chi connectivity index (χ3v) is 1.91. The van der Waals surface area contributed by atoms with Gasteiger partial charge in [0.25, 0.3) is 0 Å². The smallest absolute Gasteiger partial charge is 0.0128 e. The summed E-state index contributed by atoms with van der Waals surface area (Å²) in [5.74, 6) is 0. The van der Waals surface area contributed by atoms with Crippen LogP contribution in [0.1, 0.15) is 26.3 Å². The minimum absolute atomic E-state index is 0.814. The first kappa shape index (κ1) is 14.2. The van der Waals surface area contributed by atoms with Crippen LogP contribution in [0.2, 0.25) is 0 Å². The van der Waals surface area contributed by atoms with E-state index >= 15 is 0 Å². The summed E-state index contributed by atoms with van der Waals surface area (Å²) in [6.07, 6.45) is 5.60. The van der Waals surface area contributed by atoms with Crippen LogP contribution in [0, 0.1) is 0 Å². The highest BCUT2D eigenvalue weighted by molar-refractivity contribution is 5.76. The summed E-state index contributed by atoms with van der Waals surface area (Å²) in [5, 5.41) is 0. The zero-order valence-electron chi connectivity index (χ0n) is 10.4. The van der Waals surface area contributed by atoms with Gasteiger partial charge in [0.05, 0.1) is 0 Å². The Morgan fingerprint density at radius 1 is 1.19 bits per heavy atom. The topological polar surface area (TPSA) is 26.0 Å². The van der Waals surface area contributed by atoms with Crippen molar-refractivity contribution in [1.29, 1.82) is 0 Å². The predicted molar refractivity (Wildman–Crippen MR) is 73.9 cm³/mol. The molecular weight excluding hydrogens is 194 g/mol. The quantitative estimate of drug-likeness (QED) is 0.753. The Hall–Kier alpha value is -1.76. The van der Waals surface area contributed by atoms with Crippen LogP contribution in [0.25, 0.3) is 5.57 Å². The molecule has 0 saturated heterocycles. The third-order valence-electron chi connectivity index (χ3n) is 1.91. The first-order valence-electron chi connectivity index (χ1n) is 5.56. The molecule has 0 aliphatic carbocycles. The monoisotopic (exact) mass is 215 g/mol. The molecule has 0 spiro atoms. The molecule has 0 saturated carbocycles. The first-order chi connectivity index (χ1) is 7.75. The van der Waals surface area contributed by atoms with Gasteiger partial charge in [-0.3, -0.25) is 0 Å². The summed E-state index contributed by atoms with van der Waals surface area (Å²) >= 11 is 0. The molecule has 16 heavy (non-hydrogen) atoms. The van der Waals surface area contributed by atoms with E-state index in [1.54, 1.807) is 6.08 Å². The van der Waals surface area contributed by atoms with Crippen molar-refractivity contribution in [1.82, 2.24) is 0 Å². The van der Waals surface area contributed by atoms with Gasteiger partial charge in [0.15, 0.2) is 0 Å². The van der Waals surface area contributed by atoms with Crippen molar-refractivity contribution in [3.8, 4) is 0 Å². The molecule has 0 bridgehead atoms. The first-order valence-corrected chi connectivity index (χ1v) is 5.56. The van der Waals surface area contributed by atoms with Crippen LogP contribution in [0.5, 0.6) is 0 Å². The molecule has 2 N–H and O–H groups in total. The van der Waals surface area contributed by atoms with Crippen molar-refractivity contribution in [2.24, 2.45) is 5.73 Å². The second kappa shape index (κ2) is 8.54. The minimum atomic E-state index is 0.814. The van der Waals surface area contributed by atoms with Gasteiger partial charge in [-0.15, -0.1) is 0 Å². The number of benzene rings is 1. The van der Waals surface area contributed by atoms with Crippen molar-refractivity contribution in [3.63, 3.8) is 0 Å². The van der Waals surface area contributed by atoms with Crippen LogP contribution >= 0.6 is 0 Å². The summed E-state index contributed by atoms with van der Waals surface area (Å²) in [4.78, 5) is 0. The van der Waals surface area contributed by atoms with Gasteiger partial charge in [-0.05, 0) is 12.5 Å². The van der Waals surface area contributed by atoms with Crippen LogP contribution in [0.15, 0.2) is 60.8 Å². The standard InChI is InChI=1S/C13H15N.C2H6/c1-3-4-10-13(11(2)14)12-8-6-5-7-9-12;1-2/h3-10H,1,14H2,2H3;1-2H3/b10-4-,13-11-;. The van der Waals surface area contributed by atoms with E-state index < -0.39 is 0 Å². The molecule has 0 aliphatic heterocycles. The van der Waals surface area contributed by atoms with Gasteiger partial charge >= 0.3 is 0 Å². The molecule has 1 nitrogen and oxygen atoms in total. The maximum Gasteiger partial charge on any atom is 0.0128 e. The lowest BCUT2D eigenvalue weighted by Gasteiger charge is -2.04. The van der Waals surface area contributed by atoms with Crippen molar-refractivity contribution in [2.45, 2.75) is 20.8 Å². The van der Waals surface area contributed by atoms with Gasteiger partial charge < -0.3 is 5.73 Å². The molecular formula is C15H21N. The lowest BCUT2D eigenvalue weighted by Crippen LogP contribution is -1.95. The van der Waals surface area contributed by atoms with E-state index in [0.29, 0.717) is 0 Å². The minimum Gasteiger partial charge on any atom is -0.402 e. The van der Waals surface area contributed by atoms with Gasteiger partial charge in [-0.25, -0.2) is 0 Å². The summed E-state index contributed by atoms with van der Waals surface area (Å²) in [6.45, 7) is 9.53. The number of rotatable bonds is 3. The molecule has 1 aromatic carbocycles. The number of hydrogen-bond donors (Lipinski definition) is 1. The molecule has 0 fully saturated rings. The van der Waals surface area contributed by atoms with Crippen molar-refractivity contribution in [2.75, 3.05) is 0 Å². The van der Waals surface area contributed by atoms with Crippen LogP contribution in [-0.2, 0) is 0 Å². The fraction of sp³-hybridized carbons (Fsp3) is 0.200. The van der Waals surface area contributed by atoms with Crippen LogP contribution in [-0.4, -0.2) is 0 Å². The average Bonchev–Trinajstić information content (AvgIpc) is 2.33. The zero-order chi connectivity index (χ0) is 12.4. The molecule has 1 heteroatoms. The van der Waals surface area contributed by atoms with Crippen LogP contribution in [0.4, 0.5) is 0 Å². The number of nitrogens with two attached hydrogens (primary N) is 1. The maximum atomic E-state index is 5.80. The molecule has 0 heterocycles. The maximum absolute atomic E-state index is 5.80. The zero-order valence-corrected chi connectivity index (χ0v) is 10.4. The number of allylic oxidation sites excluding steroid dienone is 5. The normalized spacial score (nSPS) is 11.4. The van der Waals surface area contributed by atoms with Crippen molar-refractivity contribution in [3.05, 3.63) is 66.4 Å². The molecule has 1 rings (SSSR count). The van der Waals surface area contributed by atoms with Gasteiger partial charge in [0.2, 0.25) is 0 Å². The van der Waals surface area contributed by atoms with Crippen LogP contribution in [0.3, 0.4) is 0 Å². The average molecular weight is 215 g/mol. The fourth-order valence-electron chi connectivity index (χ4n) is 1.24. The molecule has 0 amide bonds. The van der Waals surface area contributed by atoms with E-state index in [2.05, 4.69) is 6.58 Å². The molecule has 0 aliphatic rings. The lowest BCUT2D eigenvalue weighted by atomic mass is 10.0. The Balaban J connectivity index is 0.00000106. The van der Waals surface area contributed by atoms with E-state index in [4.69, 9.17) is 5.73 Å². The second-order valence-corrected chi connectivity index (χ2v) is 3.06. The third kappa shape index (κ3) is 4.65. The second-order valence-electron chi connectivity index (χ2n) is 3.06. The molecule has 0 unspecified atom stereocenters. The fourth-order valence-corrected chi connectivity index (χ4v) is 1.24. The Kier molecular flexibility index (Phi) is 7.60. The molecule has 0 aromatic heterocycles. The Morgan fingerprint density at radius 2 is 1.75 bits per heavy atom. The summed E-state index contributed by atoms with van der Waals surface area (Å²) < 4.78 is 0. The largest absolute Gasteiger partial charge is 0.402 e. The Bertz CT molecular complexity index is 354. The number of hydrogen-bond acceptors (Lipinski definition) is 1. The molecule has 0 atom stereocenters. The highest BCUT2D eigenvalue weighted by atomic mass is 14.6. The van der Waals surface area contributed by atoms with Crippen molar-refractivity contribution >= 4 is 5.57 Å². The highest BCUT2D eigenvalue weighted by Gasteiger charge is 1.98. The SMILES string of the molecule is C=C/C=C\C(=C(/C)N)c1ccccc1.CC. The van der Waals surface area contributed by atoms with E-state index in [1.165, 1.54) is 0 Å². The van der Waals surface area contributed by atoms with Crippen LogP contribution < -0.4 is 5.73 Å². The van der Waals surface area contributed by atoms with Gasteiger partial charge in [0.1, 0.15) is 0 Å². The van der Waals surface area contributed by atoms with E-state index in [0.717, 1.165) is 16.8 Å².